The maximum atomic E-state index is 13.8. The summed E-state index contributed by atoms with van der Waals surface area (Å²) in [7, 11) is 1.10. The number of carbonyl (C=O) groups excluding carboxylic acids is 1. The lowest BCUT2D eigenvalue weighted by atomic mass is 10.1. The van der Waals surface area contributed by atoms with E-state index in [1.54, 1.807) is 0 Å². The first-order chi connectivity index (χ1) is 10.4. The minimum atomic E-state index is -1.19. The van der Waals surface area contributed by atoms with Gasteiger partial charge >= 0.3 is 14.0 Å². The first kappa shape index (κ1) is 14.7. The molecule has 22 heavy (non-hydrogen) atoms. The molecule has 0 aliphatic heterocycles. The van der Waals surface area contributed by atoms with Crippen LogP contribution in [0.25, 0.3) is 10.9 Å². The minimum absolute atomic E-state index is 0.0948. The molecule has 1 aliphatic rings. The summed E-state index contributed by atoms with van der Waals surface area (Å²) in [6.45, 7) is 1.31. The zero-order valence-electron chi connectivity index (χ0n) is 11.8. The molecule has 1 fully saturated rings. The molecular weight excluding hydrogens is 298 g/mol. The van der Waals surface area contributed by atoms with Crippen LogP contribution in [-0.2, 0) is 4.65 Å². The van der Waals surface area contributed by atoms with Gasteiger partial charge in [-0.15, -0.1) is 0 Å². The third-order valence-electron chi connectivity index (χ3n) is 3.88. The molecule has 1 aliphatic carbocycles. The van der Waals surface area contributed by atoms with Crippen LogP contribution in [0.4, 0.5) is 13.2 Å². The number of hydrogen-bond donors (Lipinski definition) is 0. The van der Waals surface area contributed by atoms with E-state index in [4.69, 9.17) is 0 Å². The average Bonchev–Trinajstić information content (AvgIpc) is 3.22. The topological polar surface area (TPSA) is 48.3 Å². The summed E-state index contributed by atoms with van der Waals surface area (Å²) in [4.78, 5) is 24.0. The normalized spacial score (nSPS) is 20.2. The van der Waals surface area contributed by atoms with Crippen molar-refractivity contribution in [2.24, 2.45) is 0 Å². The number of pyridine rings is 1. The monoisotopic (exact) mass is 309 g/mol. The highest BCUT2D eigenvalue weighted by molar-refractivity contribution is 6.10. The molecule has 0 N–H and O–H groups in total. The fourth-order valence-electron chi connectivity index (χ4n) is 2.61. The van der Waals surface area contributed by atoms with Gasteiger partial charge in [-0.1, -0.05) is 0 Å². The maximum Gasteiger partial charge on any atom is 0.326 e. The van der Waals surface area contributed by atoms with E-state index in [1.807, 2.05) is 0 Å². The van der Waals surface area contributed by atoms with Crippen molar-refractivity contribution in [3.05, 3.63) is 45.2 Å². The number of aromatic nitrogens is 1. The lowest BCUT2D eigenvalue weighted by molar-refractivity contribution is 0.0747. The van der Waals surface area contributed by atoms with Gasteiger partial charge in [0.15, 0.2) is 11.6 Å². The van der Waals surface area contributed by atoms with Crippen LogP contribution >= 0.6 is 0 Å². The first-order valence-corrected chi connectivity index (χ1v) is 6.62. The predicted octanol–water partition coefficient (Wildman–Crippen LogP) is 1.58. The minimum Gasteiger partial charge on any atom is -0.540 e. The highest BCUT2D eigenvalue weighted by Gasteiger charge is 2.40. The van der Waals surface area contributed by atoms with Crippen molar-refractivity contribution in [2.75, 3.05) is 0 Å². The molecule has 2 atom stereocenters. The molecular formula is C14H11BF3NO3. The van der Waals surface area contributed by atoms with Crippen LogP contribution in [0.3, 0.4) is 0 Å². The van der Waals surface area contributed by atoms with Crippen molar-refractivity contribution < 1.29 is 22.6 Å². The molecule has 1 aromatic heterocycles. The Morgan fingerprint density at radius 3 is 2.64 bits per heavy atom. The van der Waals surface area contributed by atoms with Crippen LogP contribution in [0, 0.1) is 18.6 Å². The van der Waals surface area contributed by atoms with E-state index in [0.29, 0.717) is 0 Å². The summed E-state index contributed by atoms with van der Waals surface area (Å²) >= 11 is 0. The summed E-state index contributed by atoms with van der Waals surface area (Å²) in [5.74, 6) is -3.19. The summed E-state index contributed by atoms with van der Waals surface area (Å²) in [5.41, 5.74) is -1.10. The number of aryl methyl sites for hydroxylation is 1. The number of fused-ring (bicyclic) bond motifs is 1. The molecule has 2 aromatic rings. The van der Waals surface area contributed by atoms with Gasteiger partial charge in [-0.05, 0) is 13.0 Å². The quantitative estimate of drug-likeness (QED) is 0.791. The summed E-state index contributed by atoms with van der Waals surface area (Å²) in [6, 6.07) is 0.133. The van der Waals surface area contributed by atoms with Gasteiger partial charge in [0.25, 0.3) is 0 Å². The van der Waals surface area contributed by atoms with Gasteiger partial charge in [-0.3, -0.25) is 4.79 Å². The SMILES string of the molecule is BOC(=O)c1cn(C2C[C@@H]2F)c2c(C)c(F)c(F)cc2c1=O. The van der Waals surface area contributed by atoms with E-state index in [1.165, 1.54) is 11.5 Å². The molecule has 0 spiro atoms. The average molecular weight is 309 g/mol. The first-order valence-electron chi connectivity index (χ1n) is 6.62. The largest absolute Gasteiger partial charge is 0.540 e. The second-order valence-corrected chi connectivity index (χ2v) is 5.28. The van der Waals surface area contributed by atoms with Crippen LogP contribution in [0.2, 0.25) is 0 Å². The molecule has 0 radical (unpaired) electrons. The fourth-order valence-corrected chi connectivity index (χ4v) is 2.61. The molecule has 3 rings (SSSR count). The molecule has 0 amide bonds. The van der Waals surface area contributed by atoms with Gasteiger partial charge in [0, 0.05) is 23.6 Å². The molecule has 0 saturated heterocycles. The highest BCUT2D eigenvalue weighted by atomic mass is 19.2. The number of benzene rings is 1. The number of alkyl halides is 1. The van der Waals surface area contributed by atoms with Crippen molar-refractivity contribution in [3.8, 4) is 0 Å². The molecule has 1 saturated carbocycles. The van der Waals surface area contributed by atoms with E-state index < -0.39 is 35.2 Å². The van der Waals surface area contributed by atoms with Crippen molar-refractivity contribution in [2.45, 2.75) is 25.6 Å². The van der Waals surface area contributed by atoms with Crippen LogP contribution in [0.1, 0.15) is 28.4 Å². The van der Waals surface area contributed by atoms with Gasteiger partial charge in [-0.2, -0.15) is 0 Å². The number of hydrogen-bond acceptors (Lipinski definition) is 3. The third-order valence-corrected chi connectivity index (χ3v) is 3.88. The molecule has 4 nitrogen and oxygen atoms in total. The molecule has 1 unspecified atom stereocenters. The van der Waals surface area contributed by atoms with Crippen LogP contribution in [-0.4, -0.2) is 24.8 Å². The van der Waals surface area contributed by atoms with E-state index in [2.05, 4.69) is 4.65 Å². The third kappa shape index (κ3) is 2.01. The van der Waals surface area contributed by atoms with Gasteiger partial charge in [0.2, 0.25) is 5.43 Å². The summed E-state index contributed by atoms with van der Waals surface area (Å²) < 4.78 is 46.7. The second-order valence-electron chi connectivity index (χ2n) is 5.28. The molecule has 8 heteroatoms. The van der Waals surface area contributed by atoms with Crippen molar-refractivity contribution in [1.82, 2.24) is 4.57 Å². The number of carbonyl (C=O) groups is 1. The zero-order valence-corrected chi connectivity index (χ0v) is 11.8. The maximum absolute atomic E-state index is 13.8. The Morgan fingerprint density at radius 2 is 2.09 bits per heavy atom. The lowest BCUT2D eigenvalue weighted by Gasteiger charge is -2.15. The van der Waals surface area contributed by atoms with Crippen molar-refractivity contribution >= 4 is 24.9 Å². The Bertz CT molecular complexity index is 865. The van der Waals surface area contributed by atoms with Crippen molar-refractivity contribution in [1.29, 1.82) is 0 Å². The Balaban J connectivity index is 2.45. The highest BCUT2D eigenvalue weighted by Crippen LogP contribution is 2.41. The molecule has 1 heterocycles. The Kier molecular flexibility index (Phi) is 3.27. The van der Waals surface area contributed by atoms with E-state index in [9.17, 15) is 22.8 Å². The number of halogens is 3. The Morgan fingerprint density at radius 1 is 1.45 bits per heavy atom. The summed E-state index contributed by atoms with van der Waals surface area (Å²) in [5, 5.41) is -0.168. The van der Waals surface area contributed by atoms with Crippen LogP contribution in [0.15, 0.2) is 17.1 Å². The second kappa shape index (κ2) is 4.89. The van der Waals surface area contributed by atoms with E-state index >= 15 is 0 Å². The van der Waals surface area contributed by atoms with Crippen LogP contribution in [0.5, 0.6) is 0 Å². The van der Waals surface area contributed by atoms with Crippen molar-refractivity contribution in [3.63, 3.8) is 0 Å². The van der Waals surface area contributed by atoms with Crippen LogP contribution < -0.4 is 5.43 Å². The van der Waals surface area contributed by atoms with Gasteiger partial charge < -0.3 is 9.22 Å². The molecule has 0 bridgehead atoms. The fraction of sp³-hybridized carbons (Fsp3) is 0.286. The smallest absolute Gasteiger partial charge is 0.326 e. The van der Waals surface area contributed by atoms with E-state index in [-0.39, 0.29) is 28.5 Å². The summed E-state index contributed by atoms with van der Waals surface area (Å²) in [6.07, 6.45) is 0.200. The molecule has 114 valence electrons. The zero-order chi connectivity index (χ0) is 16.2. The van der Waals surface area contributed by atoms with Gasteiger partial charge in [0.1, 0.15) is 11.7 Å². The number of nitrogens with zero attached hydrogens (tertiary/aromatic N) is 1. The predicted molar refractivity (Wildman–Crippen MR) is 75.4 cm³/mol. The van der Waals surface area contributed by atoms with E-state index in [0.717, 1.165) is 20.3 Å². The Hall–Kier alpha value is -2.25. The van der Waals surface area contributed by atoms with Gasteiger partial charge in [-0.25, -0.2) is 18.0 Å². The van der Waals surface area contributed by atoms with Gasteiger partial charge in [0.05, 0.1) is 11.6 Å². The molecule has 1 aromatic carbocycles. The standard InChI is InChI=1S/C14H11BF3NO3/c1-5-11(18)9(17)2-6-12(5)19(10-3-8(10)16)4-7(13(6)20)14(21)22-15/h2,4,8,10H,3,15H2,1H3/t8-,10?/m0/s1. The Labute approximate surface area is 123 Å². The lowest BCUT2D eigenvalue weighted by Crippen LogP contribution is -2.21. The number of rotatable bonds is 2.